The second-order valence-corrected chi connectivity index (χ2v) is 1.25. The van der Waals surface area contributed by atoms with Gasteiger partial charge in [-0.25, -0.2) is 0 Å². The van der Waals surface area contributed by atoms with Gasteiger partial charge in [-0.05, 0) is 6.92 Å². The SMILES string of the molecule is CC(N)=S.[PbH2]. The molecule has 3 heteroatoms. The molecular formula is C2H7NPbS. The predicted octanol–water partition coefficient (Wildman–Crippen LogP) is -0.624. The Morgan fingerprint density at radius 1 is 1.80 bits per heavy atom. The van der Waals surface area contributed by atoms with E-state index in [-0.39, 0.29) is 27.3 Å². The van der Waals surface area contributed by atoms with E-state index in [2.05, 4.69) is 12.2 Å². The van der Waals surface area contributed by atoms with Crippen LogP contribution in [0, 0.1) is 0 Å². The summed E-state index contributed by atoms with van der Waals surface area (Å²) in [5, 5.41) is 0. The molecule has 0 aromatic carbocycles. The summed E-state index contributed by atoms with van der Waals surface area (Å²) >= 11 is 4.31. The van der Waals surface area contributed by atoms with Gasteiger partial charge < -0.3 is 5.73 Å². The molecule has 0 aliphatic carbocycles. The molecule has 5 heavy (non-hydrogen) atoms. The third kappa shape index (κ3) is 57.7. The Labute approximate surface area is 57.1 Å². The van der Waals surface area contributed by atoms with Gasteiger partial charge in [-0.3, -0.25) is 0 Å². The summed E-state index contributed by atoms with van der Waals surface area (Å²) in [5.74, 6) is 0. The van der Waals surface area contributed by atoms with E-state index in [1.165, 1.54) is 0 Å². The van der Waals surface area contributed by atoms with Crippen LogP contribution in [0.15, 0.2) is 0 Å². The molecule has 0 aliphatic heterocycles. The van der Waals surface area contributed by atoms with Crippen LogP contribution >= 0.6 is 12.2 Å². The predicted molar refractivity (Wildman–Crippen MR) is 31.0 cm³/mol. The molecule has 0 atom stereocenters. The van der Waals surface area contributed by atoms with Crippen LogP contribution in [0.2, 0.25) is 0 Å². The molecule has 0 saturated carbocycles. The molecule has 0 rings (SSSR count). The van der Waals surface area contributed by atoms with Crippen LogP contribution in [0.4, 0.5) is 0 Å². The average Bonchev–Trinajstić information content (AvgIpc) is 0.811. The van der Waals surface area contributed by atoms with Gasteiger partial charge in [0.25, 0.3) is 0 Å². The first kappa shape index (κ1) is 9.26. The zero-order valence-electron chi connectivity index (χ0n) is 3.19. The van der Waals surface area contributed by atoms with Crippen molar-refractivity contribution >= 4 is 44.5 Å². The Morgan fingerprint density at radius 3 is 1.80 bits per heavy atom. The number of hydrogen-bond donors (Lipinski definition) is 1. The van der Waals surface area contributed by atoms with Crippen LogP contribution in [-0.2, 0) is 0 Å². The van der Waals surface area contributed by atoms with Crippen molar-refractivity contribution in [1.82, 2.24) is 0 Å². The second-order valence-electron chi connectivity index (χ2n) is 0.611. The van der Waals surface area contributed by atoms with Crippen LogP contribution in [0.5, 0.6) is 0 Å². The van der Waals surface area contributed by atoms with E-state index < -0.39 is 0 Å². The van der Waals surface area contributed by atoms with Gasteiger partial charge in [0.15, 0.2) is 0 Å². The molecule has 30 valence electrons. The fourth-order valence-corrected chi connectivity index (χ4v) is 0. The number of hydrogen-bond acceptors (Lipinski definition) is 1. The summed E-state index contributed by atoms with van der Waals surface area (Å²) in [6, 6.07) is 0. The first-order valence-corrected chi connectivity index (χ1v) is 1.40. The van der Waals surface area contributed by atoms with Crippen molar-refractivity contribution in [3.05, 3.63) is 0 Å². The first-order chi connectivity index (χ1) is 1.73. The summed E-state index contributed by atoms with van der Waals surface area (Å²) in [6.45, 7) is 1.68. The van der Waals surface area contributed by atoms with E-state index in [9.17, 15) is 0 Å². The maximum absolute atomic E-state index is 4.84. The summed E-state index contributed by atoms with van der Waals surface area (Å²) in [4.78, 5) is 0.500. The fourth-order valence-electron chi connectivity index (χ4n) is 0. The summed E-state index contributed by atoms with van der Waals surface area (Å²) in [5.41, 5.74) is 4.84. The molecular weight excluding hydrogens is 277 g/mol. The van der Waals surface area contributed by atoms with Gasteiger partial charge in [-0.1, -0.05) is 12.2 Å². The van der Waals surface area contributed by atoms with Crippen molar-refractivity contribution in [2.24, 2.45) is 5.73 Å². The number of rotatable bonds is 0. The Kier molecular flexibility index (Phi) is 8.91. The normalized spacial score (nSPS) is 5.00. The van der Waals surface area contributed by atoms with E-state index in [0.29, 0.717) is 4.99 Å². The second kappa shape index (κ2) is 4.81. The van der Waals surface area contributed by atoms with Gasteiger partial charge in [0.1, 0.15) is 0 Å². The standard InChI is InChI=1S/C2H5NS.Pb.2H/c1-2(3)4;;;/h1H3,(H2,3,4);;;. The van der Waals surface area contributed by atoms with Gasteiger partial charge in [-0.2, -0.15) is 0 Å². The number of nitrogens with two attached hydrogens (primary N) is 1. The van der Waals surface area contributed by atoms with Crippen LogP contribution in [-0.4, -0.2) is 32.3 Å². The minimum absolute atomic E-state index is 0. The van der Waals surface area contributed by atoms with Gasteiger partial charge in [0, 0.05) is 0 Å². The molecule has 0 aromatic rings. The topological polar surface area (TPSA) is 26.0 Å². The van der Waals surface area contributed by atoms with E-state index in [1.54, 1.807) is 6.92 Å². The van der Waals surface area contributed by atoms with Gasteiger partial charge in [-0.15, -0.1) is 0 Å². The van der Waals surface area contributed by atoms with Crippen molar-refractivity contribution in [1.29, 1.82) is 0 Å². The van der Waals surface area contributed by atoms with Crippen molar-refractivity contribution in [2.75, 3.05) is 0 Å². The third-order valence-corrected chi connectivity index (χ3v) is 0. The summed E-state index contributed by atoms with van der Waals surface area (Å²) < 4.78 is 0. The van der Waals surface area contributed by atoms with E-state index in [1.807, 2.05) is 0 Å². The zero-order valence-corrected chi connectivity index (χ0v) is 9.51. The summed E-state index contributed by atoms with van der Waals surface area (Å²) in [6.07, 6.45) is 0. The molecule has 0 bridgehead atoms. The maximum atomic E-state index is 4.84. The molecule has 2 N–H and O–H groups in total. The third-order valence-electron chi connectivity index (χ3n) is 0. The molecule has 1 nitrogen and oxygen atoms in total. The molecule has 0 aromatic heterocycles. The molecule has 0 heterocycles. The molecule has 0 saturated heterocycles. The molecule has 2 radical (unpaired) electrons. The average molecular weight is 284 g/mol. The Hall–Kier alpha value is 0.812. The van der Waals surface area contributed by atoms with E-state index >= 15 is 0 Å². The van der Waals surface area contributed by atoms with Crippen molar-refractivity contribution in [2.45, 2.75) is 6.92 Å². The Bertz CT molecular complexity index is 32.6. The fraction of sp³-hybridized carbons (Fsp3) is 0.500. The van der Waals surface area contributed by atoms with E-state index in [4.69, 9.17) is 5.73 Å². The monoisotopic (exact) mass is 285 g/mol. The van der Waals surface area contributed by atoms with Crippen molar-refractivity contribution in [3.8, 4) is 0 Å². The van der Waals surface area contributed by atoms with Crippen molar-refractivity contribution < 1.29 is 0 Å². The molecule has 0 unspecified atom stereocenters. The summed E-state index contributed by atoms with van der Waals surface area (Å²) in [7, 11) is 0. The van der Waals surface area contributed by atoms with E-state index in [0.717, 1.165) is 0 Å². The molecule has 0 fully saturated rings. The van der Waals surface area contributed by atoms with Gasteiger partial charge >= 0.3 is 27.3 Å². The van der Waals surface area contributed by atoms with Crippen LogP contribution in [0.1, 0.15) is 6.92 Å². The molecule has 0 amide bonds. The number of thiocarbonyl (C=S) groups is 1. The van der Waals surface area contributed by atoms with Crippen LogP contribution in [0.25, 0.3) is 0 Å². The van der Waals surface area contributed by atoms with Crippen LogP contribution < -0.4 is 5.73 Å². The van der Waals surface area contributed by atoms with Gasteiger partial charge in [0.05, 0.1) is 4.99 Å². The Balaban J connectivity index is 0. The van der Waals surface area contributed by atoms with Gasteiger partial charge in [0.2, 0.25) is 0 Å². The molecule has 0 aliphatic rings. The Morgan fingerprint density at radius 2 is 1.80 bits per heavy atom. The van der Waals surface area contributed by atoms with Crippen LogP contribution in [0.3, 0.4) is 0 Å². The zero-order chi connectivity index (χ0) is 3.58. The van der Waals surface area contributed by atoms with Crippen molar-refractivity contribution in [3.63, 3.8) is 0 Å². The minimum atomic E-state index is 0. The first-order valence-electron chi connectivity index (χ1n) is 0.993. The molecule has 0 spiro atoms. The quantitative estimate of drug-likeness (QED) is 0.474.